The van der Waals surface area contributed by atoms with Gasteiger partial charge in [-0.05, 0) is 56.5 Å². The van der Waals surface area contributed by atoms with Gasteiger partial charge in [-0.3, -0.25) is 0 Å². The molecule has 1 fully saturated rings. The van der Waals surface area contributed by atoms with Crippen LogP contribution in [0.5, 0.6) is 0 Å². The monoisotopic (exact) mass is 253 g/mol. The van der Waals surface area contributed by atoms with Crippen molar-refractivity contribution in [3.05, 3.63) is 29.8 Å². The Balaban J connectivity index is 2.13. The van der Waals surface area contributed by atoms with Crippen molar-refractivity contribution in [2.75, 3.05) is 18.8 Å². The van der Waals surface area contributed by atoms with Crippen molar-refractivity contribution in [2.45, 2.75) is 24.7 Å². The van der Waals surface area contributed by atoms with Gasteiger partial charge in [0, 0.05) is 0 Å². The lowest BCUT2D eigenvalue weighted by molar-refractivity contribution is 0.401. The lowest BCUT2D eigenvalue weighted by Gasteiger charge is -2.22. The Morgan fingerprint density at radius 3 is 2.65 bits per heavy atom. The van der Waals surface area contributed by atoms with Gasteiger partial charge in [-0.2, -0.15) is 0 Å². The minimum Gasteiger partial charge on any atom is -0.317 e. The summed E-state index contributed by atoms with van der Waals surface area (Å²) in [7, 11) is -3.11. The molecule has 0 radical (unpaired) electrons. The number of piperidine rings is 1. The molecule has 94 valence electrons. The van der Waals surface area contributed by atoms with Crippen molar-refractivity contribution in [3.8, 4) is 0 Å². The zero-order valence-electron chi connectivity index (χ0n) is 10.1. The third-order valence-corrected chi connectivity index (χ3v) is 5.14. The Morgan fingerprint density at radius 2 is 2.00 bits per heavy atom. The number of benzene rings is 1. The first-order valence-corrected chi connectivity index (χ1v) is 7.73. The first-order chi connectivity index (χ1) is 8.08. The van der Waals surface area contributed by atoms with Crippen LogP contribution in [-0.2, 0) is 9.84 Å². The molecule has 1 heterocycles. The van der Waals surface area contributed by atoms with Crippen LogP contribution in [-0.4, -0.2) is 27.3 Å². The molecule has 0 spiro atoms. The summed E-state index contributed by atoms with van der Waals surface area (Å²) >= 11 is 0. The van der Waals surface area contributed by atoms with Gasteiger partial charge in [0.05, 0.1) is 10.6 Å². The smallest absolute Gasteiger partial charge is 0.178 e. The summed E-state index contributed by atoms with van der Waals surface area (Å²) in [4.78, 5) is 0.469. The highest BCUT2D eigenvalue weighted by molar-refractivity contribution is 7.91. The number of hydrogen-bond acceptors (Lipinski definition) is 3. The molecule has 1 saturated heterocycles. The van der Waals surface area contributed by atoms with Crippen molar-refractivity contribution in [3.63, 3.8) is 0 Å². The molecule has 3 nitrogen and oxygen atoms in total. The van der Waals surface area contributed by atoms with Gasteiger partial charge < -0.3 is 5.32 Å². The minimum absolute atomic E-state index is 0.290. The third-order valence-electron chi connectivity index (χ3n) is 3.26. The number of aryl methyl sites for hydroxylation is 1. The van der Waals surface area contributed by atoms with E-state index in [2.05, 4.69) is 5.32 Å². The maximum absolute atomic E-state index is 12.2. The molecule has 0 aromatic heterocycles. The van der Waals surface area contributed by atoms with E-state index in [1.54, 1.807) is 12.1 Å². The highest BCUT2D eigenvalue weighted by atomic mass is 32.2. The average molecular weight is 253 g/mol. The Kier molecular flexibility index (Phi) is 3.84. The number of sulfone groups is 1. The summed E-state index contributed by atoms with van der Waals surface area (Å²) in [5, 5.41) is 3.25. The lowest BCUT2D eigenvalue weighted by Crippen LogP contribution is -2.31. The van der Waals surface area contributed by atoms with E-state index in [-0.39, 0.29) is 5.75 Å². The summed E-state index contributed by atoms with van der Waals surface area (Å²) in [5.41, 5.74) is 0.997. The lowest BCUT2D eigenvalue weighted by atomic mass is 10.0. The molecule has 0 aliphatic carbocycles. The fourth-order valence-electron chi connectivity index (χ4n) is 2.26. The fourth-order valence-corrected chi connectivity index (χ4v) is 4.06. The summed E-state index contributed by atoms with van der Waals surface area (Å²) in [5.74, 6) is 0.597. The van der Waals surface area contributed by atoms with Crippen molar-refractivity contribution >= 4 is 9.84 Å². The molecule has 1 aromatic rings. The summed E-state index contributed by atoms with van der Waals surface area (Å²) in [6, 6.07) is 7.19. The van der Waals surface area contributed by atoms with Gasteiger partial charge in [0.1, 0.15) is 0 Å². The van der Waals surface area contributed by atoms with Crippen molar-refractivity contribution in [2.24, 2.45) is 5.92 Å². The SMILES string of the molecule is Cc1cccc(S(=O)(=O)CC2CCNCC2)c1. The highest BCUT2D eigenvalue weighted by Crippen LogP contribution is 2.20. The predicted molar refractivity (Wildman–Crippen MR) is 68.8 cm³/mol. The maximum Gasteiger partial charge on any atom is 0.178 e. The molecule has 1 aliphatic heterocycles. The van der Waals surface area contributed by atoms with Gasteiger partial charge in [0.15, 0.2) is 9.84 Å². The molecule has 0 unspecified atom stereocenters. The molecule has 0 bridgehead atoms. The van der Waals surface area contributed by atoms with Crippen molar-refractivity contribution in [1.29, 1.82) is 0 Å². The second-order valence-electron chi connectivity index (χ2n) is 4.79. The summed E-state index contributed by atoms with van der Waals surface area (Å²) in [6.07, 6.45) is 1.93. The van der Waals surface area contributed by atoms with Crippen molar-refractivity contribution < 1.29 is 8.42 Å². The molecule has 17 heavy (non-hydrogen) atoms. The van der Waals surface area contributed by atoms with Gasteiger partial charge in [-0.15, -0.1) is 0 Å². The molecular weight excluding hydrogens is 234 g/mol. The van der Waals surface area contributed by atoms with E-state index in [4.69, 9.17) is 0 Å². The first-order valence-electron chi connectivity index (χ1n) is 6.08. The van der Waals surface area contributed by atoms with E-state index in [0.717, 1.165) is 31.5 Å². The number of nitrogens with one attached hydrogen (secondary N) is 1. The molecule has 1 aliphatic rings. The van der Waals surface area contributed by atoms with Gasteiger partial charge >= 0.3 is 0 Å². The molecule has 1 aromatic carbocycles. The van der Waals surface area contributed by atoms with Crippen LogP contribution in [0.4, 0.5) is 0 Å². The standard InChI is InChI=1S/C13H19NO2S/c1-11-3-2-4-13(9-11)17(15,16)10-12-5-7-14-8-6-12/h2-4,9,12,14H,5-8,10H2,1H3. The molecule has 1 N–H and O–H groups in total. The van der Waals surface area contributed by atoms with Gasteiger partial charge in [-0.25, -0.2) is 8.42 Å². The van der Waals surface area contributed by atoms with E-state index in [9.17, 15) is 8.42 Å². The molecule has 4 heteroatoms. The van der Waals surface area contributed by atoms with Crippen LogP contribution in [0.1, 0.15) is 18.4 Å². The summed E-state index contributed by atoms with van der Waals surface area (Å²) in [6.45, 7) is 3.80. The van der Waals surface area contributed by atoms with Crippen LogP contribution >= 0.6 is 0 Å². The first kappa shape index (κ1) is 12.6. The average Bonchev–Trinajstić information content (AvgIpc) is 2.30. The number of hydrogen-bond donors (Lipinski definition) is 1. The Bertz CT molecular complexity index is 476. The Labute approximate surface area is 103 Å². The van der Waals surface area contributed by atoms with Crippen LogP contribution in [0.3, 0.4) is 0 Å². The zero-order chi connectivity index (χ0) is 12.3. The van der Waals surface area contributed by atoms with Crippen LogP contribution in [0.15, 0.2) is 29.2 Å². The van der Waals surface area contributed by atoms with Gasteiger partial charge in [-0.1, -0.05) is 12.1 Å². The topological polar surface area (TPSA) is 46.2 Å². The normalized spacial score (nSPS) is 18.2. The van der Waals surface area contributed by atoms with Gasteiger partial charge in [0.2, 0.25) is 0 Å². The molecular formula is C13H19NO2S. The van der Waals surface area contributed by atoms with Crippen molar-refractivity contribution in [1.82, 2.24) is 5.32 Å². The quantitative estimate of drug-likeness (QED) is 0.893. The van der Waals surface area contributed by atoms with E-state index in [1.165, 1.54) is 0 Å². The van der Waals surface area contributed by atoms with E-state index in [0.29, 0.717) is 10.8 Å². The maximum atomic E-state index is 12.2. The second kappa shape index (κ2) is 5.19. The molecule has 0 saturated carbocycles. The Hall–Kier alpha value is -0.870. The molecule has 0 amide bonds. The molecule has 2 rings (SSSR count). The van der Waals surface area contributed by atoms with E-state index < -0.39 is 9.84 Å². The largest absolute Gasteiger partial charge is 0.317 e. The number of rotatable bonds is 3. The molecule has 0 atom stereocenters. The zero-order valence-corrected chi connectivity index (χ0v) is 11.0. The predicted octanol–water partition coefficient (Wildman–Crippen LogP) is 1.77. The van der Waals surface area contributed by atoms with Crippen LogP contribution in [0.2, 0.25) is 0 Å². The fraction of sp³-hybridized carbons (Fsp3) is 0.538. The van der Waals surface area contributed by atoms with Gasteiger partial charge in [0.25, 0.3) is 0 Å². The van der Waals surface area contributed by atoms with E-state index in [1.807, 2.05) is 19.1 Å². The highest BCUT2D eigenvalue weighted by Gasteiger charge is 2.22. The summed E-state index contributed by atoms with van der Waals surface area (Å²) < 4.78 is 24.5. The second-order valence-corrected chi connectivity index (χ2v) is 6.83. The third kappa shape index (κ3) is 3.30. The Morgan fingerprint density at radius 1 is 1.29 bits per heavy atom. The van der Waals surface area contributed by atoms with Crippen LogP contribution in [0.25, 0.3) is 0 Å². The van der Waals surface area contributed by atoms with E-state index >= 15 is 0 Å². The van der Waals surface area contributed by atoms with Crippen LogP contribution in [0, 0.1) is 12.8 Å². The minimum atomic E-state index is -3.11. The van der Waals surface area contributed by atoms with Crippen LogP contribution < -0.4 is 5.32 Å².